The molecule has 0 aromatic heterocycles. The monoisotopic (exact) mass is 384 g/mol. The van der Waals surface area contributed by atoms with Gasteiger partial charge in [0.05, 0.1) is 10.3 Å². The number of para-hydroxylation sites is 1. The maximum atomic E-state index is 11.8. The molecule has 0 radical (unpaired) electrons. The number of primary sulfonamides is 1. The van der Waals surface area contributed by atoms with Crippen LogP contribution < -0.4 is 9.88 Å². The van der Waals surface area contributed by atoms with Crippen molar-refractivity contribution in [3.8, 4) is 5.75 Å². The SMILES string of the molecule is NS(=O)(=O)c1ccc(COC(=O)Oc2ccccc2CON(O)O)cc1. The maximum absolute atomic E-state index is 11.8. The number of nitrogens with two attached hydrogens (primary N) is 1. The van der Waals surface area contributed by atoms with Crippen molar-refractivity contribution in [2.45, 2.75) is 18.1 Å². The Morgan fingerprint density at radius 2 is 1.69 bits per heavy atom. The van der Waals surface area contributed by atoms with Crippen LogP contribution in [0.5, 0.6) is 5.75 Å². The lowest BCUT2D eigenvalue weighted by molar-refractivity contribution is -0.497. The Kier molecular flexibility index (Phi) is 6.63. The lowest BCUT2D eigenvalue weighted by Crippen LogP contribution is -2.16. The molecule has 0 aliphatic heterocycles. The second-order valence-electron chi connectivity index (χ2n) is 4.96. The van der Waals surface area contributed by atoms with Crippen LogP contribution in [0, 0.1) is 0 Å². The standard InChI is InChI=1S/C15H16N2O8S/c16-26(21,22)13-7-5-11(6-8-13)9-23-15(18)25-14-4-2-1-3-12(14)10-24-17(19)20/h1-8,19-20H,9-10H2,(H2,16,21,22). The Balaban J connectivity index is 1.93. The first-order valence-electron chi connectivity index (χ1n) is 7.11. The number of carbonyl (C=O) groups excluding carboxylic acids is 1. The van der Waals surface area contributed by atoms with Crippen LogP contribution in [-0.2, 0) is 32.8 Å². The Hall–Kier alpha value is -2.54. The quantitative estimate of drug-likeness (QED) is 0.367. The van der Waals surface area contributed by atoms with Gasteiger partial charge in [-0.2, -0.15) is 0 Å². The lowest BCUT2D eigenvalue weighted by atomic mass is 10.2. The molecule has 26 heavy (non-hydrogen) atoms. The second kappa shape index (κ2) is 8.71. The van der Waals surface area contributed by atoms with E-state index in [9.17, 15) is 13.2 Å². The normalized spacial score (nSPS) is 11.4. The molecule has 140 valence electrons. The molecule has 0 heterocycles. The fraction of sp³-hybridized carbons (Fsp3) is 0.133. The number of hydrogen-bond donors (Lipinski definition) is 3. The highest BCUT2D eigenvalue weighted by Gasteiger charge is 2.12. The third kappa shape index (κ3) is 6.07. The molecular weight excluding hydrogens is 368 g/mol. The minimum Gasteiger partial charge on any atom is -0.429 e. The Morgan fingerprint density at radius 3 is 2.31 bits per heavy atom. The highest BCUT2D eigenvalue weighted by Crippen LogP contribution is 2.20. The number of rotatable bonds is 7. The van der Waals surface area contributed by atoms with E-state index in [2.05, 4.69) is 4.84 Å². The highest BCUT2D eigenvalue weighted by molar-refractivity contribution is 7.89. The summed E-state index contributed by atoms with van der Waals surface area (Å²) in [5, 5.41) is 21.6. The number of nitrogens with zero attached hydrogens (tertiary/aromatic N) is 1. The molecule has 0 aliphatic rings. The average Bonchev–Trinajstić information content (AvgIpc) is 2.59. The van der Waals surface area contributed by atoms with E-state index in [1.54, 1.807) is 18.2 Å². The zero-order valence-electron chi connectivity index (χ0n) is 13.3. The lowest BCUT2D eigenvalue weighted by Gasteiger charge is -2.11. The fourth-order valence-corrected chi connectivity index (χ4v) is 2.40. The molecule has 0 amide bonds. The van der Waals surface area contributed by atoms with E-state index < -0.39 is 21.6 Å². The van der Waals surface area contributed by atoms with Gasteiger partial charge in [0.1, 0.15) is 19.0 Å². The second-order valence-corrected chi connectivity index (χ2v) is 6.53. The van der Waals surface area contributed by atoms with Crippen LogP contribution in [0.15, 0.2) is 53.4 Å². The van der Waals surface area contributed by atoms with Crippen LogP contribution in [0.1, 0.15) is 11.1 Å². The summed E-state index contributed by atoms with van der Waals surface area (Å²) in [6, 6.07) is 11.8. The molecule has 0 atom stereocenters. The number of benzene rings is 2. The summed E-state index contributed by atoms with van der Waals surface area (Å²) in [6.45, 7) is -0.408. The number of carbonyl (C=O) groups is 1. The molecule has 2 aromatic carbocycles. The summed E-state index contributed by atoms with van der Waals surface area (Å²) in [5.41, 5.74) is 0.900. The van der Waals surface area contributed by atoms with Gasteiger partial charge in [0.25, 0.3) is 0 Å². The number of hydrogen-bond acceptors (Lipinski definition) is 9. The third-order valence-electron chi connectivity index (χ3n) is 3.11. The molecule has 0 saturated carbocycles. The summed E-state index contributed by atoms with van der Waals surface area (Å²) in [6.07, 6.45) is -1.00. The van der Waals surface area contributed by atoms with Crippen LogP contribution in [0.25, 0.3) is 0 Å². The number of ether oxygens (including phenoxy) is 2. The molecule has 2 rings (SSSR count). The average molecular weight is 384 g/mol. The van der Waals surface area contributed by atoms with E-state index in [-0.39, 0.29) is 23.9 Å². The van der Waals surface area contributed by atoms with Crippen molar-refractivity contribution < 1.29 is 37.9 Å². The minimum atomic E-state index is -3.79. The van der Waals surface area contributed by atoms with Gasteiger partial charge >= 0.3 is 6.16 Å². The molecule has 0 aliphatic carbocycles. The fourth-order valence-electron chi connectivity index (χ4n) is 1.89. The summed E-state index contributed by atoms with van der Waals surface area (Å²) in [7, 11) is -3.79. The molecular formula is C15H16N2O8S. The Bertz CT molecular complexity index is 852. The number of sulfonamides is 1. The van der Waals surface area contributed by atoms with Crippen molar-refractivity contribution in [1.82, 2.24) is 5.39 Å². The zero-order valence-corrected chi connectivity index (χ0v) is 14.1. The van der Waals surface area contributed by atoms with E-state index in [1.165, 1.54) is 30.3 Å². The first-order chi connectivity index (χ1) is 12.3. The molecule has 0 bridgehead atoms. The Morgan fingerprint density at radius 1 is 1.04 bits per heavy atom. The van der Waals surface area contributed by atoms with Crippen LogP contribution >= 0.6 is 0 Å². The summed E-state index contributed by atoms with van der Waals surface area (Å²) in [4.78, 5) is 16.2. The van der Waals surface area contributed by atoms with Gasteiger partial charge in [0.2, 0.25) is 10.0 Å². The predicted molar refractivity (Wildman–Crippen MR) is 85.3 cm³/mol. The van der Waals surface area contributed by atoms with Gasteiger partial charge in [-0.3, -0.25) is 10.4 Å². The van der Waals surface area contributed by atoms with E-state index in [0.717, 1.165) is 0 Å². The minimum absolute atomic E-state index is 0.0560. The van der Waals surface area contributed by atoms with Gasteiger partial charge in [-0.05, 0) is 23.8 Å². The first kappa shape index (κ1) is 19.8. The van der Waals surface area contributed by atoms with Gasteiger partial charge in [0, 0.05) is 5.56 Å². The van der Waals surface area contributed by atoms with E-state index in [0.29, 0.717) is 11.1 Å². The van der Waals surface area contributed by atoms with E-state index in [1.807, 2.05) is 0 Å². The van der Waals surface area contributed by atoms with Crippen molar-refractivity contribution >= 4 is 16.2 Å². The van der Waals surface area contributed by atoms with Gasteiger partial charge in [0.15, 0.2) is 0 Å². The summed E-state index contributed by atoms with van der Waals surface area (Å²) < 4.78 is 32.3. The topological polar surface area (TPSA) is 149 Å². The van der Waals surface area contributed by atoms with E-state index >= 15 is 0 Å². The molecule has 0 saturated heterocycles. The molecule has 0 spiro atoms. The zero-order chi connectivity index (χ0) is 19.2. The molecule has 2 aromatic rings. The van der Waals surface area contributed by atoms with Gasteiger partial charge in [-0.25, -0.2) is 23.2 Å². The van der Waals surface area contributed by atoms with Crippen molar-refractivity contribution in [1.29, 1.82) is 0 Å². The molecule has 11 heteroatoms. The van der Waals surface area contributed by atoms with Crippen molar-refractivity contribution in [3.05, 3.63) is 59.7 Å². The van der Waals surface area contributed by atoms with Crippen molar-refractivity contribution in [3.63, 3.8) is 0 Å². The van der Waals surface area contributed by atoms with Crippen LogP contribution in [0.2, 0.25) is 0 Å². The summed E-state index contributed by atoms with van der Waals surface area (Å²) in [5.74, 6) is 0.115. The van der Waals surface area contributed by atoms with Crippen LogP contribution in [0.4, 0.5) is 4.79 Å². The van der Waals surface area contributed by atoms with E-state index in [4.69, 9.17) is 25.0 Å². The molecule has 10 nitrogen and oxygen atoms in total. The van der Waals surface area contributed by atoms with Crippen molar-refractivity contribution in [2.24, 2.45) is 5.14 Å². The Labute approximate surface area is 148 Å². The maximum Gasteiger partial charge on any atom is 0.514 e. The molecule has 0 fully saturated rings. The smallest absolute Gasteiger partial charge is 0.429 e. The molecule has 4 N–H and O–H groups in total. The van der Waals surface area contributed by atoms with Crippen LogP contribution in [-0.4, -0.2) is 30.4 Å². The molecule has 0 unspecified atom stereocenters. The highest BCUT2D eigenvalue weighted by atomic mass is 32.2. The predicted octanol–water partition coefficient (Wildman–Crippen LogP) is 1.56. The van der Waals surface area contributed by atoms with Gasteiger partial charge in [-0.15, -0.1) is 0 Å². The largest absolute Gasteiger partial charge is 0.514 e. The first-order valence-corrected chi connectivity index (χ1v) is 8.65. The van der Waals surface area contributed by atoms with Gasteiger partial charge in [-0.1, -0.05) is 30.3 Å². The summed E-state index contributed by atoms with van der Waals surface area (Å²) >= 11 is 0. The van der Waals surface area contributed by atoms with Crippen molar-refractivity contribution in [2.75, 3.05) is 0 Å². The van der Waals surface area contributed by atoms with Gasteiger partial charge < -0.3 is 9.47 Å². The van der Waals surface area contributed by atoms with Crippen LogP contribution in [0.3, 0.4) is 0 Å². The third-order valence-corrected chi connectivity index (χ3v) is 4.04.